The molecule has 0 bridgehead atoms. The highest BCUT2D eigenvalue weighted by atomic mass is 35.5. The lowest BCUT2D eigenvalue weighted by molar-refractivity contribution is 0.0950. The van der Waals surface area contributed by atoms with Crippen molar-refractivity contribution >= 4 is 39.9 Å². The van der Waals surface area contributed by atoms with Crippen LogP contribution in [-0.4, -0.2) is 27.4 Å². The maximum Gasteiger partial charge on any atom is 0.253 e. The third-order valence-corrected chi connectivity index (χ3v) is 4.91. The highest BCUT2D eigenvalue weighted by molar-refractivity contribution is 6.31. The Balaban J connectivity index is 1.78. The molecule has 31 heavy (non-hydrogen) atoms. The molecule has 7 heteroatoms. The molecule has 2 N–H and O–H groups in total. The van der Waals surface area contributed by atoms with Crippen molar-refractivity contribution in [3.8, 4) is 11.4 Å². The molecule has 2 aromatic heterocycles. The van der Waals surface area contributed by atoms with Crippen LogP contribution in [-0.2, 0) is 0 Å². The molecule has 4 aromatic rings. The molecule has 0 aliphatic rings. The number of pyridine rings is 1. The minimum absolute atomic E-state index is 0.138. The van der Waals surface area contributed by atoms with E-state index in [0.717, 1.165) is 16.5 Å². The average molecular weight is 432 g/mol. The Labute approximate surface area is 185 Å². The number of halogens is 1. The van der Waals surface area contributed by atoms with Crippen LogP contribution in [0.4, 0.5) is 11.5 Å². The van der Waals surface area contributed by atoms with E-state index in [-0.39, 0.29) is 5.91 Å². The first-order valence-corrected chi connectivity index (χ1v) is 10.4. The Morgan fingerprint density at radius 3 is 2.68 bits per heavy atom. The zero-order valence-corrected chi connectivity index (χ0v) is 18.0. The summed E-state index contributed by atoms with van der Waals surface area (Å²) in [5, 5.41) is 7.64. The van der Waals surface area contributed by atoms with E-state index in [2.05, 4.69) is 34.4 Å². The van der Waals surface area contributed by atoms with Gasteiger partial charge in [-0.3, -0.25) is 9.78 Å². The number of carbonyl (C=O) groups is 1. The number of hydrogen-bond acceptors (Lipinski definition) is 5. The number of carbonyl (C=O) groups excluding carboxylic acids is 1. The van der Waals surface area contributed by atoms with Crippen LogP contribution in [0.2, 0.25) is 5.02 Å². The van der Waals surface area contributed by atoms with E-state index in [1.165, 1.54) is 0 Å². The molecule has 156 valence electrons. The number of anilines is 2. The molecule has 0 saturated carbocycles. The molecule has 0 atom stereocenters. The number of nitrogens with zero attached hydrogens (tertiary/aromatic N) is 3. The summed E-state index contributed by atoms with van der Waals surface area (Å²) >= 11 is 6.25. The number of rotatable bonds is 6. The lowest BCUT2D eigenvalue weighted by Crippen LogP contribution is -2.27. The summed E-state index contributed by atoms with van der Waals surface area (Å²) in [6.07, 6.45) is 3.42. The van der Waals surface area contributed by atoms with Crippen molar-refractivity contribution in [1.82, 2.24) is 20.3 Å². The molecule has 0 fully saturated rings. The Morgan fingerprint density at radius 2 is 1.90 bits per heavy atom. The van der Waals surface area contributed by atoms with Gasteiger partial charge in [0.1, 0.15) is 5.82 Å². The molecule has 0 radical (unpaired) electrons. The van der Waals surface area contributed by atoms with Gasteiger partial charge in [0.25, 0.3) is 5.91 Å². The monoisotopic (exact) mass is 431 g/mol. The topological polar surface area (TPSA) is 79.8 Å². The summed E-state index contributed by atoms with van der Waals surface area (Å²) in [5.74, 6) is 1.32. The number of benzene rings is 2. The van der Waals surface area contributed by atoms with E-state index < -0.39 is 0 Å². The van der Waals surface area contributed by atoms with Crippen molar-refractivity contribution in [2.75, 3.05) is 11.9 Å². The van der Waals surface area contributed by atoms with Crippen LogP contribution < -0.4 is 10.6 Å². The molecular weight excluding hydrogens is 410 g/mol. The van der Waals surface area contributed by atoms with Gasteiger partial charge in [-0.2, -0.15) is 0 Å². The van der Waals surface area contributed by atoms with Gasteiger partial charge in [-0.05, 0) is 48.4 Å². The molecule has 6 nitrogen and oxygen atoms in total. The number of nitrogens with one attached hydrogen (secondary N) is 2. The van der Waals surface area contributed by atoms with Crippen molar-refractivity contribution in [1.29, 1.82) is 0 Å². The molecule has 0 aliphatic heterocycles. The highest BCUT2D eigenvalue weighted by Crippen LogP contribution is 2.30. The second-order valence-corrected chi connectivity index (χ2v) is 8.01. The summed E-state index contributed by atoms with van der Waals surface area (Å²) in [6, 6.07) is 16.6. The van der Waals surface area contributed by atoms with E-state index in [1.54, 1.807) is 24.5 Å². The Morgan fingerprint density at radius 1 is 1.06 bits per heavy atom. The summed E-state index contributed by atoms with van der Waals surface area (Å²) < 4.78 is 0. The predicted molar refractivity (Wildman–Crippen MR) is 125 cm³/mol. The van der Waals surface area contributed by atoms with Gasteiger partial charge in [0.2, 0.25) is 0 Å². The Kier molecular flexibility index (Phi) is 6.09. The van der Waals surface area contributed by atoms with E-state index in [0.29, 0.717) is 40.4 Å². The lowest BCUT2D eigenvalue weighted by atomic mass is 10.1. The van der Waals surface area contributed by atoms with Crippen LogP contribution in [0.3, 0.4) is 0 Å². The predicted octanol–water partition coefficient (Wildman–Crippen LogP) is 5.47. The van der Waals surface area contributed by atoms with E-state index in [4.69, 9.17) is 16.6 Å². The normalized spacial score (nSPS) is 11.0. The first-order chi connectivity index (χ1) is 15.0. The van der Waals surface area contributed by atoms with Crippen LogP contribution >= 0.6 is 11.6 Å². The maximum absolute atomic E-state index is 12.8. The summed E-state index contributed by atoms with van der Waals surface area (Å²) in [6.45, 7) is 4.71. The van der Waals surface area contributed by atoms with E-state index in [1.807, 2.05) is 42.5 Å². The lowest BCUT2D eigenvalue weighted by Gasteiger charge is -2.15. The van der Waals surface area contributed by atoms with E-state index in [9.17, 15) is 4.79 Å². The quantitative estimate of drug-likeness (QED) is 0.423. The van der Waals surface area contributed by atoms with Gasteiger partial charge in [0.05, 0.1) is 16.8 Å². The fraction of sp³-hybridized carbons (Fsp3) is 0.167. The Hall–Kier alpha value is -3.51. The molecule has 1 amide bonds. The van der Waals surface area contributed by atoms with Crippen molar-refractivity contribution in [3.05, 3.63) is 77.6 Å². The Bertz CT molecular complexity index is 1230. The maximum atomic E-state index is 12.8. The van der Waals surface area contributed by atoms with Gasteiger partial charge in [-0.1, -0.05) is 37.6 Å². The van der Waals surface area contributed by atoms with Gasteiger partial charge in [0.15, 0.2) is 5.82 Å². The molecule has 2 heterocycles. The molecular formula is C24H22ClN5O. The average Bonchev–Trinajstić information content (AvgIpc) is 2.78. The fourth-order valence-corrected chi connectivity index (χ4v) is 3.30. The molecule has 0 unspecified atom stereocenters. The van der Waals surface area contributed by atoms with Gasteiger partial charge >= 0.3 is 0 Å². The smallest absolute Gasteiger partial charge is 0.253 e. The fourth-order valence-electron chi connectivity index (χ4n) is 3.13. The first-order valence-electron chi connectivity index (χ1n) is 10.0. The molecule has 0 saturated heterocycles. The number of amides is 1. The SMILES string of the molecule is CC(C)CNC(=O)c1ccccc1Nc1nc(-c2cccnc2)nc2ccc(Cl)cc12. The van der Waals surface area contributed by atoms with E-state index >= 15 is 0 Å². The number of fused-ring (bicyclic) bond motifs is 1. The van der Waals surface area contributed by atoms with Crippen molar-refractivity contribution in [3.63, 3.8) is 0 Å². The molecule has 0 spiro atoms. The molecule has 2 aromatic carbocycles. The minimum atomic E-state index is -0.138. The van der Waals surface area contributed by atoms with Crippen LogP contribution in [0, 0.1) is 5.92 Å². The summed E-state index contributed by atoms with van der Waals surface area (Å²) in [5.41, 5.74) is 2.73. The number of hydrogen-bond donors (Lipinski definition) is 2. The summed E-state index contributed by atoms with van der Waals surface area (Å²) in [7, 11) is 0. The van der Waals surface area contributed by atoms with Crippen LogP contribution in [0.1, 0.15) is 24.2 Å². The van der Waals surface area contributed by atoms with Gasteiger partial charge in [-0.25, -0.2) is 9.97 Å². The standard InChI is InChI=1S/C24H22ClN5O/c1-15(2)13-27-24(31)18-7-3-4-8-20(18)29-23-19-12-17(25)9-10-21(19)28-22(30-23)16-6-5-11-26-14-16/h3-12,14-15H,13H2,1-2H3,(H,27,31)(H,28,29,30). The molecule has 0 aliphatic carbocycles. The zero-order valence-electron chi connectivity index (χ0n) is 17.3. The van der Waals surface area contributed by atoms with Gasteiger partial charge < -0.3 is 10.6 Å². The second-order valence-electron chi connectivity index (χ2n) is 7.57. The minimum Gasteiger partial charge on any atom is -0.352 e. The second kappa shape index (κ2) is 9.10. The van der Waals surface area contributed by atoms with Crippen LogP contribution in [0.5, 0.6) is 0 Å². The van der Waals surface area contributed by atoms with Crippen molar-refractivity contribution in [2.45, 2.75) is 13.8 Å². The van der Waals surface area contributed by atoms with Gasteiger partial charge in [0, 0.05) is 34.9 Å². The molecule has 4 rings (SSSR count). The zero-order chi connectivity index (χ0) is 21.8. The third-order valence-electron chi connectivity index (χ3n) is 4.67. The van der Waals surface area contributed by atoms with Crippen LogP contribution in [0.25, 0.3) is 22.3 Å². The van der Waals surface area contributed by atoms with Gasteiger partial charge in [-0.15, -0.1) is 0 Å². The number of para-hydroxylation sites is 1. The highest BCUT2D eigenvalue weighted by Gasteiger charge is 2.15. The summed E-state index contributed by atoms with van der Waals surface area (Å²) in [4.78, 5) is 26.3. The first kappa shape index (κ1) is 20.8. The third kappa shape index (κ3) is 4.81. The largest absolute Gasteiger partial charge is 0.352 e. The number of aromatic nitrogens is 3. The van der Waals surface area contributed by atoms with Crippen molar-refractivity contribution < 1.29 is 4.79 Å². The van der Waals surface area contributed by atoms with Crippen LogP contribution in [0.15, 0.2) is 67.0 Å². The van der Waals surface area contributed by atoms with Crippen molar-refractivity contribution in [2.24, 2.45) is 5.92 Å².